The van der Waals surface area contributed by atoms with E-state index in [0.717, 1.165) is 40.4 Å². The largest absolute Gasteiger partial charge is 0.344 e. The molecule has 3 heterocycles. The second kappa shape index (κ2) is 9.43. The van der Waals surface area contributed by atoms with Crippen LogP contribution in [0.3, 0.4) is 0 Å². The van der Waals surface area contributed by atoms with E-state index in [1.807, 2.05) is 18.2 Å². The minimum absolute atomic E-state index is 0.380. The van der Waals surface area contributed by atoms with Gasteiger partial charge < -0.3 is 4.90 Å². The molecule has 2 N–H and O–H groups in total. The number of H-pyrrole nitrogens is 2. The number of rotatable bonds is 8. The van der Waals surface area contributed by atoms with Gasteiger partial charge in [0.1, 0.15) is 4.88 Å². The highest BCUT2D eigenvalue weighted by atomic mass is 35.5. The van der Waals surface area contributed by atoms with Crippen LogP contribution in [0.1, 0.15) is 18.9 Å². The molecule has 0 aliphatic heterocycles. The van der Waals surface area contributed by atoms with Crippen molar-refractivity contribution in [2.24, 2.45) is 0 Å². The average molecular weight is 479 g/mol. The van der Waals surface area contributed by atoms with Crippen LogP contribution in [0.15, 0.2) is 48.5 Å². The zero-order valence-electron chi connectivity index (χ0n) is 17.6. The van der Waals surface area contributed by atoms with E-state index in [1.54, 1.807) is 0 Å². The first-order valence-electron chi connectivity index (χ1n) is 10.3. The third kappa shape index (κ3) is 4.45. The van der Waals surface area contributed by atoms with Crippen molar-refractivity contribution < 1.29 is 0 Å². The number of tetrazole rings is 2. The predicted octanol–water partition coefficient (Wildman–Crippen LogP) is 4.24. The lowest BCUT2D eigenvalue weighted by Gasteiger charge is -2.21. The third-order valence-corrected chi connectivity index (χ3v) is 6.54. The number of aromatic nitrogens is 9. The standard InChI is InChI=1S/C21H19ClN10S/c1-2-11-32(21-23-18(22)17(33-21)20-26-30-31-27-20)12-13-7-9-14(10-8-13)15-5-3-4-6-16(15)19-24-28-29-25-19/h3-10H,2,11-12H2,1H3,(H,24,25,28,29)(H,26,27,30,31). The van der Waals surface area contributed by atoms with Crippen molar-refractivity contribution in [1.82, 2.24) is 46.2 Å². The molecule has 33 heavy (non-hydrogen) atoms. The molecule has 0 saturated carbocycles. The molecule has 5 aromatic rings. The van der Waals surface area contributed by atoms with Gasteiger partial charge in [0.15, 0.2) is 10.3 Å². The topological polar surface area (TPSA) is 125 Å². The highest BCUT2D eigenvalue weighted by Gasteiger charge is 2.19. The summed E-state index contributed by atoms with van der Waals surface area (Å²) in [5.41, 5.74) is 4.22. The molecule has 0 aliphatic rings. The Labute approximate surface area is 198 Å². The van der Waals surface area contributed by atoms with Gasteiger partial charge in [-0.15, -0.1) is 20.4 Å². The number of halogens is 1. The summed E-state index contributed by atoms with van der Waals surface area (Å²) in [6.07, 6.45) is 0.977. The number of nitrogens with one attached hydrogen (secondary N) is 2. The van der Waals surface area contributed by atoms with Crippen LogP contribution in [0.5, 0.6) is 0 Å². The lowest BCUT2D eigenvalue weighted by atomic mass is 9.98. The summed E-state index contributed by atoms with van der Waals surface area (Å²) in [7, 11) is 0. The van der Waals surface area contributed by atoms with Gasteiger partial charge in [-0.05, 0) is 33.5 Å². The maximum Gasteiger partial charge on any atom is 0.217 e. The number of anilines is 1. The molecule has 0 atom stereocenters. The molecule has 0 saturated heterocycles. The molecule has 0 fully saturated rings. The smallest absolute Gasteiger partial charge is 0.217 e. The van der Waals surface area contributed by atoms with Gasteiger partial charge in [0.25, 0.3) is 0 Å². The fraction of sp³-hybridized carbons (Fsp3) is 0.190. The number of thiazole rings is 1. The van der Waals surface area contributed by atoms with Crippen molar-refractivity contribution in [2.75, 3.05) is 11.4 Å². The zero-order valence-corrected chi connectivity index (χ0v) is 19.2. The zero-order chi connectivity index (χ0) is 22.6. The second-order valence-electron chi connectivity index (χ2n) is 7.25. The fourth-order valence-electron chi connectivity index (χ4n) is 3.55. The van der Waals surface area contributed by atoms with Crippen LogP contribution in [-0.4, -0.2) is 52.8 Å². The normalized spacial score (nSPS) is 11.1. The van der Waals surface area contributed by atoms with E-state index in [9.17, 15) is 0 Å². The Bertz CT molecular complexity index is 1320. The maximum atomic E-state index is 6.36. The first kappa shape index (κ1) is 21.2. The molecule has 3 aromatic heterocycles. The predicted molar refractivity (Wildman–Crippen MR) is 127 cm³/mol. The molecular weight excluding hydrogens is 460 g/mol. The van der Waals surface area contributed by atoms with Crippen LogP contribution in [0.2, 0.25) is 5.15 Å². The van der Waals surface area contributed by atoms with Crippen LogP contribution in [-0.2, 0) is 6.54 Å². The van der Waals surface area contributed by atoms with E-state index < -0.39 is 0 Å². The van der Waals surface area contributed by atoms with Crippen molar-refractivity contribution in [2.45, 2.75) is 19.9 Å². The van der Waals surface area contributed by atoms with E-state index in [4.69, 9.17) is 11.6 Å². The number of hydrogen-bond donors (Lipinski definition) is 2. The van der Waals surface area contributed by atoms with Gasteiger partial charge >= 0.3 is 0 Å². The average Bonchev–Trinajstić information content (AvgIpc) is 3.61. The van der Waals surface area contributed by atoms with Crippen LogP contribution in [0.25, 0.3) is 33.2 Å². The molecule has 0 unspecified atom stereocenters. The Morgan fingerprint density at radius 2 is 1.61 bits per heavy atom. The Morgan fingerprint density at radius 1 is 0.909 bits per heavy atom. The van der Waals surface area contributed by atoms with Gasteiger partial charge in [-0.25, -0.2) is 4.98 Å². The van der Waals surface area contributed by atoms with Gasteiger partial charge in [0.05, 0.1) is 0 Å². The molecule has 0 bridgehead atoms. The lowest BCUT2D eigenvalue weighted by molar-refractivity contribution is 0.764. The first-order chi connectivity index (χ1) is 16.2. The molecule has 0 radical (unpaired) electrons. The molecule has 166 valence electrons. The molecule has 5 rings (SSSR count). The van der Waals surface area contributed by atoms with E-state index in [1.165, 1.54) is 11.3 Å². The molecule has 12 heteroatoms. The minimum Gasteiger partial charge on any atom is -0.344 e. The molecule has 0 amide bonds. The van der Waals surface area contributed by atoms with Crippen molar-refractivity contribution in [1.29, 1.82) is 0 Å². The SMILES string of the molecule is CCCN(Cc1ccc(-c2ccccc2-c2nn[nH]n2)cc1)c1nc(Cl)c(-c2nn[nH]n2)s1. The first-order valence-corrected chi connectivity index (χ1v) is 11.5. The minimum atomic E-state index is 0.380. The molecule has 2 aromatic carbocycles. The summed E-state index contributed by atoms with van der Waals surface area (Å²) in [5, 5.41) is 29.8. The summed E-state index contributed by atoms with van der Waals surface area (Å²) in [6, 6.07) is 16.5. The fourth-order valence-corrected chi connectivity index (χ4v) is 4.79. The van der Waals surface area contributed by atoms with E-state index in [-0.39, 0.29) is 0 Å². The Balaban J connectivity index is 1.39. The van der Waals surface area contributed by atoms with Gasteiger partial charge in [-0.1, -0.05) is 78.4 Å². The summed E-state index contributed by atoms with van der Waals surface area (Å²) in [5.74, 6) is 1.02. The van der Waals surface area contributed by atoms with Gasteiger partial charge in [0.2, 0.25) is 11.6 Å². The molecular formula is C21H19ClN10S. The van der Waals surface area contributed by atoms with E-state index in [2.05, 4.69) is 88.4 Å². The monoisotopic (exact) mass is 478 g/mol. The third-order valence-electron chi connectivity index (χ3n) is 5.04. The van der Waals surface area contributed by atoms with Crippen molar-refractivity contribution >= 4 is 28.1 Å². The van der Waals surface area contributed by atoms with Gasteiger partial charge in [0, 0.05) is 18.7 Å². The summed E-state index contributed by atoms with van der Waals surface area (Å²) >= 11 is 7.82. The summed E-state index contributed by atoms with van der Waals surface area (Å²) in [6.45, 7) is 3.69. The van der Waals surface area contributed by atoms with Crippen molar-refractivity contribution in [3.05, 3.63) is 59.2 Å². The van der Waals surface area contributed by atoms with Crippen LogP contribution >= 0.6 is 22.9 Å². The summed E-state index contributed by atoms with van der Waals surface area (Å²) in [4.78, 5) is 7.47. The van der Waals surface area contributed by atoms with Crippen LogP contribution < -0.4 is 4.90 Å². The number of nitrogens with zero attached hydrogens (tertiary/aromatic N) is 8. The Hall–Kier alpha value is -3.70. The van der Waals surface area contributed by atoms with Crippen molar-refractivity contribution in [3.63, 3.8) is 0 Å². The van der Waals surface area contributed by atoms with Crippen LogP contribution in [0.4, 0.5) is 5.13 Å². The van der Waals surface area contributed by atoms with E-state index in [0.29, 0.717) is 28.2 Å². The number of aromatic amines is 2. The molecule has 0 aliphatic carbocycles. The van der Waals surface area contributed by atoms with Crippen molar-refractivity contribution in [3.8, 4) is 33.2 Å². The highest BCUT2D eigenvalue weighted by Crippen LogP contribution is 2.36. The van der Waals surface area contributed by atoms with Crippen LogP contribution in [0, 0.1) is 0 Å². The maximum absolute atomic E-state index is 6.36. The van der Waals surface area contributed by atoms with E-state index >= 15 is 0 Å². The number of hydrogen-bond acceptors (Lipinski definition) is 9. The molecule has 0 spiro atoms. The second-order valence-corrected chi connectivity index (χ2v) is 8.59. The quantitative estimate of drug-likeness (QED) is 0.339. The Kier molecular flexibility index (Phi) is 6.05. The Morgan fingerprint density at radius 3 is 2.27 bits per heavy atom. The summed E-state index contributed by atoms with van der Waals surface area (Å²) < 4.78 is 0. The van der Waals surface area contributed by atoms with Gasteiger partial charge in [-0.2, -0.15) is 10.4 Å². The van der Waals surface area contributed by atoms with Gasteiger partial charge in [-0.3, -0.25) is 0 Å². The molecule has 10 nitrogen and oxygen atoms in total. The lowest BCUT2D eigenvalue weighted by Crippen LogP contribution is -2.23. The number of benzene rings is 2. The highest BCUT2D eigenvalue weighted by molar-refractivity contribution is 7.19.